The molecule has 1 aliphatic rings. The molecule has 7 heteroatoms. The summed E-state index contributed by atoms with van der Waals surface area (Å²) in [6.07, 6.45) is 5.53. The molecule has 0 saturated carbocycles. The molecular formula is C23H23N5OS. The van der Waals surface area contributed by atoms with Crippen molar-refractivity contribution in [2.24, 2.45) is 5.92 Å². The van der Waals surface area contributed by atoms with Gasteiger partial charge in [-0.3, -0.25) is 4.79 Å². The molecule has 0 aliphatic carbocycles. The maximum absolute atomic E-state index is 12.7. The molecule has 5 rings (SSSR count). The summed E-state index contributed by atoms with van der Waals surface area (Å²) in [7, 11) is 0. The SMILES string of the molecule is O=C(NCc1cccs1)C1CCCN(c2cc(-n3ccc4ccccc43)ncn2)C1. The number of thiophene rings is 1. The first-order valence-electron chi connectivity index (χ1n) is 10.2. The second-order valence-corrected chi connectivity index (χ2v) is 8.59. The van der Waals surface area contributed by atoms with Crippen molar-refractivity contribution >= 4 is 34.0 Å². The summed E-state index contributed by atoms with van der Waals surface area (Å²) in [5.41, 5.74) is 1.12. The molecule has 1 amide bonds. The Labute approximate surface area is 179 Å². The quantitative estimate of drug-likeness (QED) is 0.533. The van der Waals surface area contributed by atoms with Gasteiger partial charge in [0.1, 0.15) is 18.0 Å². The highest BCUT2D eigenvalue weighted by molar-refractivity contribution is 7.09. The lowest BCUT2D eigenvalue weighted by Crippen LogP contribution is -2.43. The van der Waals surface area contributed by atoms with E-state index in [9.17, 15) is 4.79 Å². The standard InChI is InChI=1S/C23H23N5OS/c29-23(24-14-19-7-4-12-30-19)18-6-3-10-27(15-18)21-13-22(26-16-25-21)28-11-9-17-5-1-2-8-20(17)28/h1-2,4-5,7-9,11-13,16,18H,3,6,10,14-15H2,(H,24,29). The summed E-state index contributed by atoms with van der Waals surface area (Å²) < 4.78 is 2.08. The molecule has 6 nitrogen and oxygen atoms in total. The molecule has 1 atom stereocenters. The molecule has 1 aliphatic heterocycles. The lowest BCUT2D eigenvalue weighted by atomic mass is 9.97. The highest BCUT2D eigenvalue weighted by Gasteiger charge is 2.26. The number of carbonyl (C=O) groups is 1. The third-order valence-corrected chi connectivity index (χ3v) is 6.49. The van der Waals surface area contributed by atoms with Gasteiger partial charge in [-0.2, -0.15) is 0 Å². The van der Waals surface area contributed by atoms with Gasteiger partial charge in [0.15, 0.2) is 0 Å². The van der Waals surface area contributed by atoms with Crippen LogP contribution in [0.5, 0.6) is 0 Å². The van der Waals surface area contributed by atoms with E-state index in [1.807, 2.05) is 41.9 Å². The average molecular weight is 418 g/mol. The van der Waals surface area contributed by atoms with E-state index < -0.39 is 0 Å². The summed E-state index contributed by atoms with van der Waals surface area (Å²) in [5, 5.41) is 6.30. The number of nitrogens with one attached hydrogen (secondary N) is 1. The third kappa shape index (κ3) is 3.80. The van der Waals surface area contributed by atoms with E-state index in [4.69, 9.17) is 0 Å². The molecule has 3 aromatic heterocycles. The summed E-state index contributed by atoms with van der Waals surface area (Å²) in [5.74, 6) is 1.81. The fourth-order valence-electron chi connectivity index (χ4n) is 4.06. The number of fused-ring (bicyclic) bond motifs is 1. The fraction of sp³-hybridized carbons (Fsp3) is 0.261. The molecule has 0 spiro atoms. The normalized spacial score (nSPS) is 16.7. The lowest BCUT2D eigenvalue weighted by Gasteiger charge is -2.33. The van der Waals surface area contributed by atoms with Crippen LogP contribution in [0.15, 0.2) is 66.4 Å². The Balaban J connectivity index is 1.32. The Morgan fingerprint density at radius 2 is 2.03 bits per heavy atom. The van der Waals surface area contributed by atoms with E-state index in [-0.39, 0.29) is 11.8 Å². The minimum atomic E-state index is -0.0236. The van der Waals surface area contributed by atoms with Gasteiger partial charge in [-0.25, -0.2) is 9.97 Å². The van der Waals surface area contributed by atoms with Gasteiger partial charge >= 0.3 is 0 Å². The van der Waals surface area contributed by atoms with Crippen LogP contribution in [0.3, 0.4) is 0 Å². The van der Waals surface area contributed by atoms with Gasteiger partial charge in [-0.1, -0.05) is 24.3 Å². The van der Waals surface area contributed by atoms with Crippen LogP contribution in [0.2, 0.25) is 0 Å². The van der Waals surface area contributed by atoms with Crippen molar-refractivity contribution in [3.8, 4) is 5.82 Å². The lowest BCUT2D eigenvalue weighted by molar-refractivity contribution is -0.125. The van der Waals surface area contributed by atoms with E-state index in [0.717, 1.165) is 36.5 Å². The van der Waals surface area contributed by atoms with Crippen LogP contribution < -0.4 is 10.2 Å². The molecule has 0 radical (unpaired) electrons. The largest absolute Gasteiger partial charge is 0.356 e. The van der Waals surface area contributed by atoms with E-state index in [0.29, 0.717) is 13.1 Å². The molecule has 4 aromatic rings. The van der Waals surface area contributed by atoms with Gasteiger partial charge in [0.05, 0.1) is 18.0 Å². The Kier molecular flexibility index (Phi) is 5.19. The maximum atomic E-state index is 12.7. The summed E-state index contributed by atoms with van der Waals surface area (Å²) in [6, 6.07) is 16.4. The Morgan fingerprint density at radius 1 is 1.13 bits per heavy atom. The van der Waals surface area contributed by atoms with Crippen molar-refractivity contribution in [1.29, 1.82) is 0 Å². The minimum absolute atomic E-state index is 0.0236. The van der Waals surface area contributed by atoms with Crippen molar-refractivity contribution in [3.05, 3.63) is 71.3 Å². The topological polar surface area (TPSA) is 63.1 Å². The van der Waals surface area contributed by atoms with Gasteiger partial charge in [0, 0.05) is 30.2 Å². The molecule has 30 heavy (non-hydrogen) atoms. The Hall–Kier alpha value is -3.19. The molecule has 1 N–H and O–H groups in total. The van der Waals surface area contributed by atoms with Crippen molar-refractivity contribution < 1.29 is 4.79 Å². The highest BCUT2D eigenvalue weighted by Crippen LogP contribution is 2.25. The number of hydrogen-bond donors (Lipinski definition) is 1. The highest BCUT2D eigenvalue weighted by atomic mass is 32.1. The van der Waals surface area contributed by atoms with Crippen LogP contribution in [0.4, 0.5) is 5.82 Å². The molecule has 1 aromatic carbocycles. The van der Waals surface area contributed by atoms with Gasteiger partial charge in [0.2, 0.25) is 5.91 Å². The van der Waals surface area contributed by atoms with Gasteiger partial charge in [0.25, 0.3) is 0 Å². The zero-order chi connectivity index (χ0) is 20.3. The summed E-state index contributed by atoms with van der Waals surface area (Å²) in [6.45, 7) is 2.18. The van der Waals surface area contributed by atoms with Crippen LogP contribution in [-0.4, -0.2) is 33.5 Å². The van der Waals surface area contributed by atoms with Gasteiger partial charge < -0.3 is 14.8 Å². The van der Waals surface area contributed by atoms with Gasteiger partial charge in [-0.15, -0.1) is 11.3 Å². The van der Waals surface area contributed by atoms with Crippen LogP contribution >= 0.6 is 11.3 Å². The number of anilines is 1. The molecule has 1 fully saturated rings. The van der Waals surface area contributed by atoms with Crippen molar-refractivity contribution in [2.45, 2.75) is 19.4 Å². The summed E-state index contributed by atoms with van der Waals surface area (Å²) in [4.78, 5) is 25.1. The van der Waals surface area contributed by atoms with Crippen LogP contribution in [0.1, 0.15) is 17.7 Å². The molecule has 0 bridgehead atoms. The predicted octanol–water partition coefficient (Wildman–Crippen LogP) is 4.01. The zero-order valence-electron chi connectivity index (χ0n) is 16.6. The van der Waals surface area contributed by atoms with Crippen molar-refractivity contribution in [2.75, 3.05) is 18.0 Å². The number of nitrogens with zero attached hydrogens (tertiary/aromatic N) is 4. The predicted molar refractivity (Wildman–Crippen MR) is 120 cm³/mol. The smallest absolute Gasteiger partial charge is 0.225 e. The molecule has 1 saturated heterocycles. The number of amides is 1. The van der Waals surface area contributed by atoms with Crippen LogP contribution in [0, 0.1) is 5.92 Å². The van der Waals surface area contributed by atoms with Gasteiger partial charge in [-0.05, 0) is 41.8 Å². The number of piperidine rings is 1. The molecule has 152 valence electrons. The second-order valence-electron chi connectivity index (χ2n) is 7.56. The second kappa shape index (κ2) is 8.28. The number of benzene rings is 1. The first-order chi connectivity index (χ1) is 14.8. The Morgan fingerprint density at radius 3 is 2.93 bits per heavy atom. The maximum Gasteiger partial charge on any atom is 0.225 e. The first kappa shape index (κ1) is 18.8. The third-order valence-electron chi connectivity index (χ3n) is 5.62. The van der Waals surface area contributed by atoms with Crippen LogP contribution in [-0.2, 0) is 11.3 Å². The van der Waals surface area contributed by atoms with E-state index in [2.05, 4.69) is 43.0 Å². The van der Waals surface area contributed by atoms with E-state index in [1.54, 1.807) is 17.7 Å². The fourth-order valence-corrected chi connectivity index (χ4v) is 4.70. The first-order valence-corrected chi connectivity index (χ1v) is 11.1. The number of rotatable bonds is 5. The number of para-hydroxylation sites is 1. The van der Waals surface area contributed by atoms with Crippen molar-refractivity contribution in [3.63, 3.8) is 0 Å². The minimum Gasteiger partial charge on any atom is -0.356 e. The van der Waals surface area contributed by atoms with Crippen molar-refractivity contribution in [1.82, 2.24) is 19.9 Å². The summed E-state index contributed by atoms with van der Waals surface area (Å²) >= 11 is 1.67. The number of hydrogen-bond acceptors (Lipinski definition) is 5. The molecule has 4 heterocycles. The number of carbonyl (C=O) groups excluding carboxylic acids is 1. The molecular weight excluding hydrogens is 394 g/mol. The van der Waals surface area contributed by atoms with E-state index >= 15 is 0 Å². The van der Waals surface area contributed by atoms with Crippen LogP contribution in [0.25, 0.3) is 16.7 Å². The number of aromatic nitrogens is 3. The Bertz CT molecular complexity index is 1150. The molecule has 1 unspecified atom stereocenters. The zero-order valence-corrected chi connectivity index (χ0v) is 17.4. The van der Waals surface area contributed by atoms with E-state index in [1.165, 1.54) is 10.3 Å². The monoisotopic (exact) mass is 417 g/mol. The average Bonchev–Trinajstić information content (AvgIpc) is 3.47.